The van der Waals surface area contributed by atoms with Gasteiger partial charge in [0.15, 0.2) is 11.7 Å². The topological polar surface area (TPSA) is 129 Å². The normalized spacial score (nSPS) is 21.7. The standard InChI is InChI=1S/C32H50N8O3/c1-30(2,3)16-15-25(22-9-11-23(12-10-22)28(41)33-21-26-35-37-38-36-26)40-29(42)27(39(7)19-20-43-8)34-32(40)17-13-24(14-18-32)31(4,5)6/h9-12,24-25H,13-21H2,1-8H3,(H,33,41)(H,35,36,37,38)/t24?,25-,32?/m1/s1. The van der Waals surface area contributed by atoms with Crippen LogP contribution in [0.1, 0.15) is 108 Å². The first kappa shape index (κ1) is 32.6. The Morgan fingerprint density at radius 2 is 1.84 bits per heavy atom. The maximum absolute atomic E-state index is 14.4. The lowest BCUT2D eigenvalue weighted by atomic mass is 9.69. The molecular weight excluding hydrogens is 544 g/mol. The number of rotatable bonds is 10. The van der Waals surface area contributed by atoms with Gasteiger partial charge in [0, 0.05) is 26.3 Å². The molecule has 0 unspecified atom stereocenters. The van der Waals surface area contributed by atoms with Crippen LogP contribution in [0, 0.1) is 16.7 Å². The molecule has 4 rings (SSSR count). The summed E-state index contributed by atoms with van der Waals surface area (Å²) in [5, 5.41) is 16.5. The lowest BCUT2D eigenvalue weighted by molar-refractivity contribution is -0.134. The van der Waals surface area contributed by atoms with Gasteiger partial charge >= 0.3 is 0 Å². The van der Waals surface area contributed by atoms with Gasteiger partial charge in [0.05, 0.1) is 19.2 Å². The summed E-state index contributed by atoms with van der Waals surface area (Å²) < 4.78 is 5.32. The molecule has 1 aliphatic carbocycles. The summed E-state index contributed by atoms with van der Waals surface area (Å²) in [4.78, 5) is 36.6. The molecule has 2 N–H and O–H groups in total. The minimum atomic E-state index is -0.585. The number of benzene rings is 1. The van der Waals surface area contributed by atoms with Gasteiger partial charge in [-0.1, -0.05) is 58.9 Å². The van der Waals surface area contributed by atoms with Crippen molar-refractivity contribution in [3.8, 4) is 0 Å². The Bertz CT molecular complexity index is 1250. The first-order valence-electron chi connectivity index (χ1n) is 15.5. The molecule has 1 spiro atoms. The second-order valence-electron chi connectivity index (χ2n) is 14.4. The Morgan fingerprint density at radius 3 is 2.40 bits per heavy atom. The summed E-state index contributed by atoms with van der Waals surface area (Å²) in [5.74, 6) is 1.27. The van der Waals surface area contributed by atoms with Crippen LogP contribution >= 0.6 is 0 Å². The Hall–Kier alpha value is -3.34. The smallest absolute Gasteiger partial charge is 0.291 e. The summed E-state index contributed by atoms with van der Waals surface area (Å²) in [6, 6.07) is 7.48. The highest BCUT2D eigenvalue weighted by molar-refractivity contribution is 6.39. The van der Waals surface area contributed by atoms with E-state index in [1.54, 1.807) is 7.11 Å². The molecule has 0 radical (unpaired) electrons. The van der Waals surface area contributed by atoms with Crippen LogP contribution in [0.2, 0.25) is 0 Å². The number of H-pyrrole nitrogens is 1. The Kier molecular flexibility index (Phi) is 9.93. The number of carbonyl (C=O) groups is 2. The van der Waals surface area contributed by atoms with Crippen molar-refractivity contribution in [3.63, 3.8) is 0 Å². The van der Waals surface area contributed by atoms with Gasteiger partial charge in [-0.3, -0.25) is 9.59 Å². The van der Waals surface area contributed by atoms with Crippen LogP contribution in [0.4, 0.5) is 0 Å². The number of hydrogen-bond acceptors (Lipinski definition) is 8. The number of methoxy groups -OCH3 is 1. The summed E-state index contributed by atoms with van der Waals surface area (Å²) in [6.45, 7) is 14.9. The van der Waals surface area contributed by atoms with Crippen LogP contribution in [-0.2, 0) is 16.1 Å². The number of amidine groups is 1. The van der Waals surface area contributed by atoms with Crippen molar-refractivity contribution in [2.75, 3.05) is 27.3 Å². The maximum atomic E-state index is 14.4. The zero-order chi connectivity index (χ0) is 31.4. The zero-order valence-electron chi connectivity index (χ0n) is 27.2. The van der Waals surface area contributed by atoms with E-state index in [4.69, 9.17) is 9.73 Å². The molecule has 11 nitrogen and oxygen atoms in total. The number of likely N-dealkylation sites (N-methyl/N-ethyl adjacent to an activating group) is 1. The van der Waals surface area contributed by atoms with Gasteiger partial charge in [-0.15, -0.1) is 10.2 Å². The summed E-state index contributed by atoms with van der Waals surface area (Å²) in [6.07, 6.45) is 5.46. The van der Waals surface area contributed by atoms with Crippen molar-refractivity contribution < 1.29 is 14.3 Å². The van der Waals surface area contributed by atoms with E-state index in [-0.39, 0.29) is 35.2 Å². The Labute approximate surface area is 256 Å². The molecule has 0 bridgehead atoms. The molecule has 1 aromatic heterocycles. The van der Waals surface area contributed by atoms with Crippen molar-refractivity contribution in [2.45, 2.75) is 98.3 Å². The second kappa shape index (κ2) is 13.1. The molecule has 2 aliphatic rings. The first-order valence-corrected chi connectivity index (χ1v) is 15.5. The monoisotopic (exact) mass is 594 g/mol. The van der Waals surface area contributed by atoms with E-state index in [9.17, 15) is 9.59 Å². The number of hydrogen-bond donors (Lipinski definition) is 2. The highest BCUT2D eigenvalue weighted by atomic mass is 16.5. The van der Waals surface area contributed by atoms with E-state index in [0.717, 1.165) is 44.1 Å². The zero-order valence-corrected chi connectivity index (χ0v) is 27.2. The highest BCUT2D eigenvalue weighted by Gasteiger charge is 2.53. The minimum Gasteiger partial charge on any atom is -0.383 e. The molecule has 1 aliphatic heterocycles. The summed E-state index contributed by atoms with van der Waals surface area (Å²) >= 11 is 0. The first-order chi connectivity index (χ1) is 20.2. The van der Waals surface area contributed by atoms with E-state index in [0.29, 0.717) is 36.3 Å². The fraction of sp³-hybridized carbons (Fsp3) is 0.688. The van der Waals surface area contributed by atoms with E-state index in [2.05, 4.69) is 72.4 Å². The Balaban J connectivity index is 1.66. The molecule has 2 amide bonds. The van der Waals surface area contributed by atoms with Gasteiger partial charge in [-0.25, -0.2) is 4.99 Å². The van der Waals surface area contributed by atoms with Crippen LogP contribution in [0.25, 0.3) is 0 Å². The van der Waals surface area contributed by atoms with Crippen molar-refractivity contribution in [3.05, 3.63) is 41.2 Å². The van der Waals surface area contributed by atoms with Crippen molar-refractivity contribution in [1.29, 1.82) is 0 Å². The van der Waals surface area contributed by atoms with E-state index in [1.807, 2.05) is 36.2 Å². The number of nitrogens with zero attached hydrogens (tertiary/aromatic N) is 6. The van der Waals surface area contributed by atoms with Gasteiger partial charge < -0.3 is 19.9 Å². The van der Waals surface area contributed by atoms with Gasteiger partial charge in [-0.05, 0) is 73.0 Å². The number of carbonyl (C=O) groups excluding carboxylic acids is 2. The minimum absolute atomic E-state index is 0.0198. The molecule has 2 heterocycles. The van der Waals surface area contributed by atoms with E-state index >= 15 is 0 Å². The lowest BCUT2D eigenvalue weighted by Crippen LogP contribution is -2.52. The number of amides is 2. The molecule has 1 aromatic carbocycles. The maximum Gasteiger partial charge on any atom is 0.291 e. The average molecular weight is 595 g/mol. The van der Waals surface area contributed by atoms with Crippen LogP contribution in [0.3, 0.4) is 0 Å². The third-order valence-electron chi connectivity index (χ3n) is 9.01. The fourth-order valence-electron chi connectivity index (χ4n) is 6.30. The van der Waals surface area contributed by atoms with Gasteiger partial charge in [0.25, 0.3) is 11.8 Å². The molecule has 43 heavy (non-hydrogen) atoms. The van der Waals surface area contributed by atoms with Gasteiger partial charge in [-0.2, -0.15) is 5.21 Å². The number of tetrazole rings is 1. The number of aliphatic imine (C=N–C) groups is 1. The van der Waals surface area contributed by atoms with Crippen LogP contribution in [-0.4, -0.2) is 81.0 Å². The molecule has 0 saturated heterocycles. The van der Waals surface area contributed by atoms with Crippen molar-refractivity contribution in [2.24, 2.45) is 21.7 Å². The fourth-order valence-corrected chi connectivity index (χ4v) is 6.30. The predicted molar refractivity (Wildman–Crippen MR) is 166 cm³/mol. The second-order valence-corrected chi connectivity index (χ2v) is 14.4. The van der Waals surface area contributed by atoms with E-state index < -0.39 is 5.66 Å². The number of ether oxygens (including phenoxy) is 1. The van der Waals surface area contributed by atoms with Crippen LogP contribution in [0.5, 0.6) is 0 Å². The average Bonchev–Trinajstić information content (AvgIpc) is 3.57. The Morgan fingerprint density at radius 1 is 1.16 bits per heavy atom. The van der Waals surface area contributed by atoms with Gasteiger partial charge in [0.1, 0.15) is 5.66 Å². The SMILES string of the molecule is COCCN(C)C1=NC2(CCC(C(C)(C)C)CC2)N([C@H](CCC(C)(C)C)c2ccc(C(=O)NCc3nn[nH]n3)cc2)C1=O. The molecule has 1 saturated carbocycles. The molecule has 236 valence electrons. The third kappa shape index (κ3) is 7.79. The molecule has 11 heteroatoms. The molecule has 2 aromatic rings. The van der Waals surface area contributed by atoms with Crippen molar-refractivity contribution in [1.82, 2.24) is 35.7 Å². The number of aromatic nitrogens is 4. The lowest BCUT2D eigenvalue weighted by Gasteiger charge is -2.47. The highest BCUT2D eigenvalue weighted by Crippen LogP contribution is 2.50. The molecule has 1 atom stereocenters. The van der Waals surface area contributed by atoms with Crippen LogP contribution < -0.4 is 5.32 Å². The summed E-state index contributed by atoms with van der Waals surface area (Å²) in [7, 11) is 3.60. The summed E-state index contributed by atoms with van der Waals surface area (Å²) in [5.41, 5.74) is 1.26. The number of aromatic amines is 1. The van der Waals surface area contributed by atoms with E-state index in [1.165, 1.54) is 0 Å². The molecule has 1 fully saturated rings. The van der Waals surface area contributed by atoms with Crippen LogP contribution in [0.15, 0.2) is 29.3 Å². The molecular formula is C32H50N8O3. The van der Waals surface area contributed by atoms with Gasteiger partial charge in [0.2, 0.25) is 0 Å². The largest absolute Gasteiger partial charge is 0.383 e. The quantitative estimate of drug-likeness (QED) is 0.406. The predicted octanol–water partition coefficient (Wildman–Crippen LogP) is 4.75. The van der Waals surface area contributed by atoms with Crippen molar-refractivity contribution >= 4 is 17.6 Å². The third-order valence-corrected chi connectivity index (χ3v) is 9.01. The number of nitrogens with one attached hydrogen (secondary N) is 2.